The zero-order chi connectivity index (χ0) is 22.2. The molecule has 0 aliphatic heterocycles. The molecule has 162 valence electrons. The minimum absolute atomic E-state index is 0.0906. The van der Waals surface area contributed by atoms with E-state index in [0.717, 1.165) is 38.4 Å². The molecule has 0 fully saturated rings. The number of nitrogens with one attached hydrogen (secondary N) is 1. The Labute approximate surface area is 195 Å². The number of ether oxygens (including phenoxy) is 1. The van der Waals surface area contributed by atoms with Crippen molar-refractivity contribution in [3.63, 3.8) is 0 Å². The molecule has 2 heterocycles. The number of amides is 1. The molecular formula is C25H23N3O2S2. The normalized spacial score (nSPS) is 10.7. The lowest BCUT2D eigenvalue weighted by Gasteiger charge is -2.08. The first-order chi connectivity index (χ1) is 15.7. The maximum absolute atomic E-state index is 12.5. The minimum Gasteiger partial charge on any atom is -0.487 e. The van der Waals surface area contributed by atoms with Crippen LogP contribution >= 0.6 is 23.1 Å². The summed E-state index contributed by atoms with van der Waals surface area (Å²) in [5.41, 5.74) is 3.63. The smallest absolute Gasteiger partial charge is 0.251 e. The standard InChI is InChI=1S/C25H23N3O2S2/c1-18-28-22(16-31-18)17-32-24-11-7-20(8-12-24)25(29)27-14-19-5-9-23(10-6-19)30-15-21-4-2-3-13-26-21/h2-13,16H,14-15,17H2,1H3,(H,27,29). The van der Waals surface area contributed by atoms with Crippen molar-refractivity contribution in [3.8, 4) is 5.75 Å². The van der Waals surface area contributed by atoms with Gasteiger partial charge >= 0.3 is 0 Å². The van der Waals surface area contributed by atoms with Crippen molar-refractivity contribution in [1.29, 1.82) is 0 Å². The van der Waals surface area contributed by atoms with Gasteiger partial charge in [-0.05, 0) is 61.0 Å². The Hall–Kier alpha value is -3.16. The fourth-order valence-electron chi connectivity index (χ4n) is 2.96. The second-order valence-electron chi connectivity index (χ2n) is 7.11. The summed E-state index contributed by atoms with van der Waals surface area (Å²) in [4.78, 5) is 22.3. The van der Waals surface area contributed by atoms with Crippen molar-refractivity contribution >= 4 is 29.0 Å². The Morgan fingerprint density at radius 1 is 1.03 bits per heavy atom. The zero-order valence-corrected chi connectivity index (χ0v) is 19.3. The molecule has 0 spiro atoms. The molecule has 0 atom stereocenters. The number of carbonyl (C=O) groups is 1. The van der Waals surface area contributed by atoms with Crippen LogP contribution < -0.4 is 10.1 Å². The molecule has 2 aromatic heterocycles. The third kappa shape index (κ3) is 6.42. The summed E-state index contributed by atoms with van der Waals surface area (Å²) in [5.74, 6) is 1.51. The van der Waals surface area contributed by atoms with Gasteiger partial charge in [-0.3, -0.25) is 9.78 Å². The SMILES string of the molecule is Cc1nc(CSc2ccc(C(=O)NCc3ccc(OCc4ccccn4)cc3)cc2)cs1. The highest BCUT2D eigenvalue weighted by Gasteiger charge is 2.07. The highest BCUT2D eigenvalue weighted by molar-refractivity contribution is 7.98. The maximum Gasteiger partial charge on any atom is 0.251 e. The van der Waals surface area contributed by atoms with Crippen LogP contribution in [0.2, 0.25) is 0 Å². The van der Waals surface area contributed by atoms with Crippen LogP contribution in [-0.2, 0) is 18.9 Å². The number of aromatic nitrogens is 2. The molecule has 0 radical (unpaired) electrons. The third-order valence-electron chi connectivity index (χ3n) is 4.66. The third-order valence-corrected chi connectivity index (χ3v) is 6.53. The van der Waals surface area contributed by atoms with Crippen LogP contribution in [0.25, 0.3) is 0 Å². The number of aryl methyl sites for hydroxylation is 1. The molecule has 4 rings (SSSR count). The van der Waals surface area contributed by atoms with Crippen molar-refractivity contribution in [3.05, 3.63) is 106 Å². The van der Waals surface area contributed by atoms with Crippen LogP contribution in [-0.4, -0.2) is 15.9 Å². The second-order valence-corrected chi connectivity index (χ2v) is 9.22. The van der Waals surface area contributed by atoms with Crippen molar-refractivity contribution in [2.45, 2.75) is 30.7 Å². The fraction of sp³-hybridized carbons (Fsp3) is 0.160. The fourth-order valence-corrected chi connectivity index (χ4v) is 4.47. The number of thioether (sulfide) groups is 1. The van der Waals surface area contributed by atoms with E-state index in [4.69, 9.17) is 4.74 Å². The van der Waals surface area contributed by atoms with Gasteiger partial charge < -0.3 is 10.1 Å². The van der Waals surface area contributed by atoms with Crippen LogP contribution in [0.3, 0.4) is 0 Å². The molecule has 1 amide bonds. The van der Waals surface area contributed by atoms with Gasteiger partial charge in [-0.15, -0.1) is 23.1 Å². The van der Waals surface area contributed by atoms with Gasteiger partial charge in [0.05, 0.1) is 16.4 Å². The molecule has 0 aliphatic carbocycles. The number of carbonyl (C=O) groups excluding carboxylic acids is 1. The Bertz CT molecular complexity index is 1140. The van der Waals surface area contributed by atoms with Crippen molar-refractivity contribution in [2.75, 3.05) is 0 Å². The summed E-state index contributed by atoms with van der Waals surface area (Å²) in [6.45, 7) is 2.89. The van der Waals surface area contributed by atoms with Gasteiger partial charge in [-0.2, -0.15) is 0 Å². The zero-order valence-electron chi connectivity index (χ0n) is 17.7. The number of rotatable bonds is 9. The topological polar surface area (TPSA) is 64.1 Å². The van der Waals surface area contributed by atoms with E-state index in [2.05, 4.69) is 20.7 Å². The van der Waals surface area contributed by atoms with Crippen LogP contribution in [0.5, 0.6) is 5.75 Å². The Kier molecular flexibility index (Phi) is 7.53. The molecule has 7 heteroatoms. The lowest BCUT2D eigenvalue weighted by atomic mass is 10.2. The number of nitrogens with zero attached hydrogens (tertiary/aromatic N) is 2. The van der Waals surface area contributed by atoms with E-state index >= 15 is 0 Å². The summed E-state index contributed by atoms with van der Waals surface area (Å²) in [6.07, 6.45) is 1.75. The lowest BCUT2D eigenvalue weighted by Crippen LogP contribution is -2.22. The average molecular weight is 462 g/mol. The quantitative estimate of drug-likeness (QED) is 0.327. The summed E-state index contributed by atoms with van der Waals surface area (Å²) >= 11 is 3.38. The molecule has 0 saturated carbocycles. The highest BCUT2D eigenvalue weighted by Crippen LogP contribution is 2.24. The number of hydrogen-bond donors (Lipinski definition) is 1. The van der Waals surface area contributed by atoms with E-state index in [9.17, 15) is 4.79 Å². The lowest BCUT2D eigenvalue weighted by molar-refractivity contribution is 0.0951. The molecule has 32 heavy (non-hydrogen) atoms. The van der Waals surface area contributed by atoms with E-state index in [0.29, 0.717) is 18.7 Å². The Balaban J connectivity index is 1.23. The number of thiazole rings is 1. The van der Waals surface area contributed by atoms with Crippen LogP contribution in [0.1, 0.15) is 32.3 Å². The van der Waals surface area contributed by atoms with Crippen molar-refractivity contribution < 1.29 is 9.53 Å². The number of benzene rings is 2. The molecule has 0 unspecified atom stereocenters. The summed E-state index contributed by atoms with van der Waals surface area (Å²) in [5, 5.41) is 6.14. The van der Waals surface area contributed by atoms with E-state index in [-0.39, 0.29) is 5.91 Å². The van der Waals surface area contributed by atoms with Crippen LogP contribution in [0.15, 0.2) is 83.2 Å². The summed E-state index contributed by atoms with van der Waals surface area (Å²) in [7, 11) is 0. The van der Waals surface area contributed by atoms with Gasteiger partial charge in [-0.1, -0.05) is 18.2 Å². The van der Waals surface area contributed by atoms with E-state index in [1.54, 1.807) is 29.3 Å². The predicted molar refractivity (Wildman–Crippen MR) is 129 cm³/mol. The molecule has 2 aromatic carbocycles. The first-order valence-corrected chi connectivity index (χ1v) is 12.1. The molecule has 4 aromatic rings. The Morgan fingerprint density at radius 2 is 1.84 bits per heavy atom. The largest absolute Gasteiger partial charge is 0.487 e. The van der Waals surface area contributed by atoms with Gasteiger partial charge in [0.1, 0.15) is 12.4 Å². The summed E-state index contributed by atoms with van der Waals surface area (Å²) < 4.78 is 5.75. The van der Waals surface area contributed by atoms with Crippen LogP contribution in [0, 0.1) is 6.92 Å². The highest BCUT2D eigenvalue weighted by atomic mass is 32.2. The molecular weight excluding hydrogens is 438 g/mol. The maximum atomic E-state index is 12.5. The molecule has 0 saturated heterocycles. The van der Waals surface area contributed by atoms with Crippen molar-refractivity contribution in [2.24, 2.45) is 0 Å². The first kappa shape index (κ1) is 22.0. The average Bonchev–Trinajstić information content (AvgIpc) is 3.26. The molecule has 5 nitrogen and oxygen atoms in total. The minimum atomic E-state index is -0.0906. The van der Waals surface area contributed by atoms with E-state index in [1.807, 2.05) is 73.7 Å². The molecule has 0 bridgehead atoms. The second kappa shape index (κ2) is 10.9. The van der Waals surface area contributed by atoms with Gasteiger partial charge in [0, 0.05) is 34.3 Å². The van der Waals surface area contributed by atoms with E-state index in [1.165, 1.54) is 0 Å². The first-order valence-electron chi connectivity index (χ1n) is 10.2. The van der Waals surface area contributed by atoms with Gasteiger partial charge in [-0.25, -0.2) is 4.98 Å². The van der Waals surface area contributed by atoms with Gasteiger partial charge in [0.2, 0.25) is 0 Å². The summed E-state index contributed by atoms with van der Waals surface area (Å²) in [6, 6.07) is 21.1. The predicted octanol–water partition coefficient (Wildman–Crippen LogP) is 5.65. The van der Waals surface area contributed by atoms with Gasteiger partial charge in [0.25, 0.3) is 5.91 Å². The van der Waals surface area contributed by atoms with Gasteiger partial charge in [0.15, 0.2) is 0 Å². The van der Waals surface area contributed by atoms with Crippen molar-refractivity contribution in [1.82, 2.24) is 15.3 Å². The molecule has 0 aliphatic rings. The van der Waals surface area contributed by atoms with Crippen LogP contribution in [0.4, 0.5) is 0 Å². The number of hydrogen-bond acceptors (Lipinski definition) is 6. The molecule has 1 N–H and O–H groups in total. The van der Waals surface area contributed by atoms with E-state index < -0.39 is 0 Å². The number of pyridine rings is 1. The Morgan fingerprint density at radius 3 is 2.53 bits per heavy atom. The monoisotopic (exact) mass is 461 g/mol.